The van der Waals surface area contributed by atoms with E-state index in [1.54, 1.807) is 9.97 Å². The Morgan fingerprint density at radius 1 is 1.00 bits per heavy atom. The van der Waals surface area contributed by atoms with Crippen LogP contribution in [0.1, 0.15) is 0 Å². The molecule has 102 valence electrons. The zero-order valence-electron chi connectivity index (χ0n) is 8.74. The van der Waals surface area contributed by atoms with Gasteiger partial charge in [-0.1, -0.05) is 0 Å². The molecule has 19 heavy (non-hydrogen) atoms. The molecule has 0 fully saturated rings. The van der Waals surface area contributed by atoms with Gasteiger partial charge in [-0.25, -0.2) is 24.0 Å². The van der Waals surface area contributed by atoms with Gasteiger partial charge in [-0.15, -0.1) is 4.98 Å². The van der Waals surface area contributed by atoms with Crippen molar-refractivity contribution in [3.63, 3.8) is 0 Å². The maximum absolute atomic E-state index is 10.8. The van der Waals surface area contributed by atoms with Crippen LogP contribution in [0.3, 0.4) is 0 Å². The van der Waals surface area contributed by atoms with Crippen LogP contribution in [0.2, 0.25) is 0 Å². The highest BCUT2D eigenvalue weighted by atomic mass is 16.6. The number of rotatable bonds is 5. The number of aromatic nitrogens is 3. The van der Waals surface area contributed by atoms with Crippen molar-refractivity contribution in [2.24, 2.45) is 0 Å². The van der Waals surface area contributed by atoms with E-state index in [0.717, 1.165) is 0 Å². The van der Waals surface area contributed by atoms with Crippen LogP contribution in [-0.4, -0.2) is 53.8 Å². The van der Waals surface area contributed by atoms with Gasteiger partial charge < -0.3 is 20.1 Å². The Morgan fingerprint density at radius 2 is 1.47 bits per heavy atom. The Hall–Kier alpha value is -3.18. The Morgan fingerprint density at radius 3 is 1.84 bits per heavy atom. The third-order valence-corrected chi connectivity index (χ3v) is 1.80. The van der Waals surface area contributed by atoms with Gasteiger partial charge in [0.15, 0.2) is 0 Å². The Kier molecular flexibility index (Phi) is 3.36. The molecule has 0 spiro atoms. The first-order valence-corrected chi connectivity index (χ1v) is 4.30. The van der Waals surface area contributed by atoms with E-state index < -0.39 is 40.9 Å². The molecule has 0 aliphatic heterocycles. The highest BCUT2D eigenvalue weighted by Crippen LogP contribution is 2.14. The lowest BCUT2D eigenvalue weighted by Gasteiger charge is -2.19. The molecule has 0 radical (unpaired) electrons. The molecule has 1 aromatic rings. The summed E-state index contributed by atoms with van der Waals surface area (Å²) in [6, 6.07) is -1.17. The SMILES string of the molecule is O=C(O)C(Oc1nc(=O)[nH]c(=O)[nH]1)(C(=O)O)C(=O)O. The van der Waals surface area contributed by atoms with Crippen LogP contribution in [0.25, 0.3) is 0 Å². The molecule has 0 aliphatic carbocycles. The van der Waals surface area contributed by atoms with Crippen LogP contribution in [0.5, 0.6) is 6.01 Å². The number of carboxylic acids is 3. The first-order valence-electron chi connectivity index (χ1n) is 4.30. The minimum Gasteiger partial charge on any atom is -0.477 e. The molecule has 1 aromatic heterocycles. The molecule has 5 N–H and O–H groups in total. The van der Waals surface area contributed by atoms with Crippen LogP contribution in [0.4, 0.5) is 0 Å². The van der Waals surface area contributed by atoms with Crippen LogP contribution in [0, 0.1) is 0 Å². The summed E-state index contributed by atoms with van der Waals surface area (Å²) < 4.78 is 4.16. The van der Waals surface area contributed by atoms with Crippen molar-refractivity contribution >= 4 is 17.9 Å². The average molecular weight is 275 g/mol. The molecule has 0 atom stereocenters. The second-order valence-electron chi connectivity index (χ2n) is 3.00. The van der Waals surface area contributed by atoms with Crippen LogP contribution in [-0.2, 0) is 14.4 Å². The first-order chi connectivity index (χ1) is 8.70. The molecule has 0 unspecified atom stereocenters. The molecule has 0 amide bonds. The summed E-state index contributed by atoms with van der Waals surface area (Å²) in [5, 5.41) is 26.0. The normalized spacial score (nSPS) is 10.7. The number of hydrogen-bond acceptors (Lipinski definition) is 7. The van der Waals surface area contributed by atoms with E-state index in [1.807, 2.05) is 0 Å². The smallest absolute Gasteiger partial charge is 0.400 e. The van der Waals surface area contributed by atoms with Crippen molar-refractivity contribution in [2.75, 3.05) is 0 Å². The quantitative estimate of drug-likeness (QED) is 0.341. The largest absolute Gasteiger partial charge is 0.477 e. The van der Waals surface area contributed by atoms with Crippen molar-refractivity contribution in [3.8, 4) is 6.01 Å². The first kappa shape index (κ1) is 13.9. The number of H-pyrrole nitrogens is 2. The van der Waals surface area contributed by atoms with Crippen molar-refractivity contribution in [1.29, 1.82) is 0 Å². The van der Waals surface area contributed by atoms with Gasteiger partial charge >= 0.3 is 40.9 Å². The van der Waals surface area contributed by atoms with Gasteiger partial charge in [0.05, 0.1) is 0 Å². The molecule has 0 saturated carbocycles. The molecular weight excluding hydrogens is 270 g/mol. The topological polar surface area (TPSA) is 200 Å². The fraction of sp³-hybridized carbons (Fsp3) is 0.143. The lowest BCUT2D eigenvalue weighted by molar-refractivity contribution is -0.183. The summed E-state index contributed by atoms with van der Waals surface area (Å²) >= 11 is 0. The van der Waals surface area contributed by atoms with Crippen molar-refractivity contribution in [1.82, 2.24) is 15.0 Å². The molecular formula is C7H5N3O9. The fourth-order valence-corrected chi connectivity index (χ4v) is 0.972. The molecule has 0 bridgehead atoms. The summed E-state index contributed by atoms with van der Waals surface area (Å²) in [7, 11) is 0. The molecule has 0 aromatic carbocycles. The second kappa shape index (κ2) is 4.59. The summed E-state index contributed by atoms with van der Waals surface area (Å²) in [5.41, 5.74) is -6.22. The van der Waals surface area contributed by atoms with Gasteiger partial charge in [0.1, 0.15) is 0 Å². The zero-order valence-corrected chi connectivity index (χ0v) is 8.74. The van der Waals surface area contributed by atoms with Gasteiger partial charge in [0.2, 0.25) is 0 Å². The lowest BCUT2D eigenvalue weighted by atomic mass is 10.1. The monoisotopic (exact) mass is 275 g/mol. The van der Waals surface area contributed by atoms with E-state index in [9.17, 15) is 24.0 Å². The number of aromatic amines is 2. The average Bonchev–Trinajstić information content (AvgIpc) is 2.22. The number of nitrogens with zero attached hydrogens (tertiary/aromatic N) is 1. The number of carboxylic acid groups (broad SMARTS) is 3. The predicted molar refractivity (Wildman–Crippen MR) is 51.7 cm³/mol. The van der Waals surface area contributed by atoms with Crippen LogP contribution in [0.15, 0.2) is 9.59 Å². The van der Waals surface area contributed by atoms with Gasteiger partial charge in [-0.3, -0.25) is 9.97 Å². The highest BCUT2D eigenvalue weighted by Gasteiger charge is 2.58. The van der Waals surface area contributed by atoms with E-state index in [4.69, 9.17) is 15.3 Å². The number of aliphatic carboxylic acids is 3. The Bertz CT molecular complexity index is 592. The predicted octanol–water partition coefficient (Wildman–Crippen LogP) is -3.17. The second-order valence-corrected chi connectivity index (χ2v) is 3.00. The number of hydrogen-bond donors (Lipinski definition) is 5. The maximum atomic E-state index is 10.8. The maximum Gasteiger partial charge on any atom is 0.400 e. The molecule has 1 heterocycles. The highest BCUT2D eigenvalue weighted by molar-refractivity contribution is 6.20. The van der Waals surface area contributed by atoms with Gasteiger partial charge in [-0.05, 0) is 0 Å². The van der Waals surface area contributed by atoms with Crippen molar-refractivity contribution in [3.05, 3.63) is 21.0 Å². The molecule has 0 aliphatic rings. The molecule has 0 saturated heterocycles. The Balaban J connectivity index is 3.40. The van der Waals surface area contributed by atoms with Crippen LogP contribution < -0.4 is 16.1 Å². The lowest BCUT2D eigenvalue weighted by Crippen LogP contribution is -2.58. The molecule has 12 heteroatoms. The minimum atomic E-state index is -3.75. The van der Waals surface area contributed by atoms with E-state index in [0.29, 0.717) is 0 Å². The van der Waals surface area contributed by atoms with E-state index in [-0.39, 0.29) is 0 Å². The summed E-state index contributed by atoms with van der Waals surface area (Å²) in [5.74, 6) is -7.14. The van der Waals surface area contributed by atoms with Crippen LogP contribution >= 0.6 is 0 Å². The third kappa shape index (κ3) is 2.41. The van der Waals surface area contributed by atoms with Crippen molar-refractivity contribution in [2.45, 2.75) is 5.60 Å². The van der Waals surface area contributed by atoms with Gasteiger partial charge in [0.25, 0.3) is 0 Å². The third-order valence-electron chi connectivity index (χ3n) is 1.80. The minimum absolute atomic E-state index is 1.17. The number of nitrogens with one attached hydrogen (secondary N) is 2. The number of carbonyl (C=O) groups is 3. The summed E-state index contributed by atoms with van der Waals surface area (Å²) in [4.78, 5) is 60.1. The standard InChI is InChI=1S/C7H5N3O9/c11-1(12)7(2(13)14,3(15)16)19-6-9-4(17)8-5(18)10-6/h(H,11,12)(H,13,14)(H,15,16)(H2,8,9,10,17,18). The molecule has 1 rings (SSSR count). The molecule has 12 nitrogen and oxygen atoms in total. The van der Waals surface area contributed by atoms with Crippen molar-refractivity contribution < 1.29 is 34.4 Å². The fourth-order valence-electron chi connectivity index (χ4n) is 0.972. The Labute approximate surface area is 101 Å². The zero-order chi connectivity index (χ0) is 14.8. The van der Waals surface area contributed by atoms with E-state index >= 15 is 0 Å². The summed E-state index contributed by atoms with van der Waals surface area (Å²) in [6.07, 6.45) is 0. The van der Waals surface area contributed by atoms with Gasteiger partial charge in [0, 0.05) is 0 Å². The van der Waals surface area contributed by atoms with E-state index in [2.05, 4.69) is 9.72 Å². The van der Waals surface area contributed by atoms with Gasteiger partial charge in [-0.2, -0.15) is 0 Å². The van der Waals surface area contributed by atoms with E-state index in [1.165, 1.54) is 0 Å². The number of ether oxygens (including phenoxy) is 1. The summed E-state index contributed by atoms with van der Waals surface area (Å²) in [6.45, 7) is 0.